The Labute approximate surface area is 164 Å². The second-order valence-electron chi connectivity index (χ2n) is 6.14. The van der Waals surface area contributed by atoms with Crippen molar-refractivity contribution in [1.29, 1.82) is 0 Å². The molecule has 27 heavy (non-hydrogen) atoms. The highest BCUT2D eigenvalue weighted by Gasteiger charge is 2.15. The molecule has 0 amide bonds. The number of hydrogen-bond donors (Lipinski definition) is 1. The summed E-state index contributed by atoms with van der Waals surface area (Å²) in [5.74, 6) is 0.508. The fourth-order valence-corrected chi connectivity index (χ4v) is 3.85. The summed E-state index contributed by atoms with van der Waals surface area (Å²) in [4.78, 5) is 25.9. The minimum atomic E-state index is -0.155. The van der Waals surface area contributed by atoms with Crippen molar-refractivity contribution < 1.29 is 0 Å². The molecule has 3 aromatic heterocycles. The van der Waals surface area contributed by atoms with Gasteiger partial charge in [0.25, 0.3) is 5.56 Å². The third-order valence-electron chi connectivity index (χ3n) is 4.09. The van der Waals surface area contributed by atoms with E-state index in [1.165, 1.54) is 22.3 Å². The van der Waals surface area contributed by atoms with Crippen LogP contribution in [0.15, 0.2) is 52.5 Å². The zero-order valence-corrected chi connectivity index (χ0v) is 16.3. The largest absolute Gasteiger partial charge is 0.293 e. The minimum absolute atomic E-state index is 0.155. The molecule has 0 atom stereocenters. The smallest absolute Gasteiger partial charge is 0.272 e. The molecule has 0 unspecified atom stereocenters. The van der Waals surface area contributed by atoms with Crippen molar-refractivity contribution in [3.8, 4) is 11.1 Å². The van der Waals surface area contributed by atoms with Crippen molar-refractivity contribution in [2.24, 2.45) is 0 Å². The molecule has 6 nitrogen and oxygen atoms in total. The number of benzene rings is 1. The zero-order valence-electron chi connectivity index (χ0n) is 14.7. The van der Waals surface area contributed by atoms with Gasteiger partial charge < -0.3 is 0 Å². The summed E-state index contributed by atoms with van der Waals surface area (Å²) in [5.41, 5.74) is 4.65. The number of thioether (sulfide) groups is 1. The van der Waals surface area contributed by atoms with E-state index in [2.05, 4.69) is 15.1 Å². The highest BCUT2D eigenvalue weighted by molar-refractivity contribution is 7.98. The third-order valence-corrected chi connectivity index (χ3v) is 5.22. The van der Waals surface area contributed by atoms with Gasteiger partial charge in [-0.2, -0.15) is 0 Å². The van der Waals surface area contributed by atoms with Gasteiger partial charge in [0.15, 0.2) is 10.8 Å². The van der Waals surface area contributed by atoms with Crippen molar-refractivity contribution >= 4 is 29.0 Å². The van der Waals surface area contributed by atoms with E-state index in [1.54, 1.807) is 6.20 Å². The lowest BCUT2D eigenvalue weighted by Crippen LogP contribution is -2.15. The Balaban J connectivity index is 1.76. The molecule has 0 fully saturated rings. The molecule has 0 saturated heterocycles. The van der Waals surface area contributed by atoms with E-state index in [0.29, 0.717) is 27.3 Å². The van der Waals surface area contributed by atoms with Crippen LogP contribution in [0.5, 0.6) is 0 Å². The summed E-state index contributed by atoms with van der Waals surface area (Å²) >= 11 is 7.59. The molecule has 0 aliphatic rings. The predicted octanol–water partition coefficient (Wildman–Crippen LogP) is 4.04. The van der Waals surface area contributed by atoms with Crippen molar-refractivity contribution in [1.82, 2.24) is 24.6 Å². The number of rotatable bonds is 4. The van der Waals surface area contributed by atoms with E-state index in [4.69, 9.17) is 16.6 Å². The van der Waals surface area contributed by atoms with Crippen LogP contribution in [0, 0.1) is 13.8 Å². The van der Waals surface area contributed by atoms with Crippen LogP contribution in [0.1, 0.15) is 17.1 Å². The van der Waals surface area contributed by atoms with Gasteiger partial charge in [-0.15, -0.1) is 0 Å². The Morgan fingerprint density at radius 2 is 2.04 bits per heavy atom. The van der Waals surface area contributed by atoms with Gasteiger partial charge in [-0.1, -0.05) is 35.5 Å². The molecule has 0 aliphatic carbocycles. The van der Waals surface area contributed by atoms with E-state index in [0.717, 1.165) is 22.5 Å². The number of nitrogens with one attached hydrogen (secondary N) is 1. The number of aromatic amines is 1. The molecule has 0 aliphatic heterocycles. The summed E-state index contributed by atoms with van der Waals surface area (Å²) < 4.78 is 1.46. The topological polar surface area (TPSA) is 75.9 Å². The first-order valence-corrected chi connectivity index (χ1v) is 9.67. The van der Waals surface area contributed by atoms with E-state index < -0.39 is 0 Å². The normalized spacial score (nSPS) is 11.2. The van der Waals surface area contributed by atoms with Crippen LogP contribution in [0.25, 0.3) is 16.8 Å². The summed E-state index contributed by atoms with van der Waals surface area (Å²) in [6, 6.07) is 10.9. The predicted molar refractivity (Wildman–Crippen MR) is 107 cm³/mol. The first-order chi connectivity index (χ1) is 13.0. The Morgan fingerprint density at radius 1 is 1.19 bits per heavy atom. The van der Waals surface area contributed by atoms with E-state index in [-0.39, 0.29) is 5.56 Å². The van der Waals surface area contributed by atoms with Crippen LogP contribution < -0.4 is 5.56 Å². The molecule has 8 heteroatoms. The Bertz CT molecular complexity index is 1200. The third kappa shape index (κ3) is 3.61. The molecular weight excluding hydrogens is 382 g/mol. The summed E-state index contributed by atoms with van der Waals surface area (Å²) in [7, 11) is 0. The van der Waals surface area contributed by atoms with Gasteiger partial charge >= 0.3 is 0 Å². The van der Waals surface area contributed by atoms with Crippen molar-refractivity contribution in [3.05, 3.63) is 75.1 Å². The number of halogens is 1. The maximum atomic E-state index is 12.6. The number of aryl methyl sites for hydroxylation is 2. The minimum Gasteiger partial charge on any atom is -0.293 e. The van der Waals surface area contributed by atoms with Gasteiger partial charge in [0, 0.05) is 40.0 Å². The van der Waals surface area contributed by atoms with Crippen molar-refractivity contribution in [2.45, 2.75) is 24.8 Å². The molecule has 3 heterocycles. The molecular formula is C19H16ClN5OS. The van der Waals surface area contributed by atoms with Gasteiger partial charge in [-0.3, -0.25) is 9.89 Å². The van der Waals surface area contributed by atoms with Crippen LogP contribution in [0.3, 0.4) is 0 Å². The molecule has 4 rings (SSSR count). The van der Waals surface area contributed by atoms with Crippen LogP contribution in [0.4, 0.5) is 0 Å². The maximum Gasteiger partial charge on any atom is 0.272 e. The molecule has 0 bridgehead atoms. The van der Waals surface area contributed by atoms with Crippen molar-refractivity contribution in [3.63, 3.8) is 0 Å². The number of aromatic nitrogens is 5. The second kappa shape index (κ2) is 7.17. The van der Waals surface area contributed by atoms with Gasteiger partial charge in [0.1, 0.15) is 0 Å². The Kier molecular flexibility index (Phi) is 4.72. The number of H-pyrrole nitrogens is 1. The van der Waals surface area contributed by atoms with E-state index >= 15 is 0 Å². The van der Waals surface area contributed by atoms with E-state index in [1.807, 2.05) is 44.2 Å². The van der Waals surface area contributed by atoms with Gasteiger partial charge in [-0.25, -0.2) is 19.5 Å². The van der Waals surface area contributed by atoms with Crippen LogP contribution in [-0.4, -0.2) is 24.6 Å². The SMILES string of the molecule is Cc1ccnc(SCc2cc(=O)n3[nH]c(C)c(-c4cccc(Cl)c4)c3n2)n1. The maximum absolute atomic E-state index is 12.6. The lowest BCUT2D eigenvalue weighted by molar-refractivity contribution is 0.871. The Hall–Kier alpha value is -2.64. The molecule has 1 N–H and O–H groups in total. The lowest BCUT2D eigenvalue weighted by Gasteiger charge is -2.04. The summed E-state index contributed by atoms with van der Waals surface area (Å²) in [5, 5.41) is 4.39. The fraction of sp³-hybridized carbons (Fsp3) is 0.158. The first kappa shape index (κ1) is 17.8. The molecule has 0 spiro atoms. The average Bonchev–Trinajstić information content (AvgIpc) is 2.97. The fourth-order valence-electron chi connectivity index (χ4n) is 2.89. The second-order valence-corrected chi connectivity index (χ2v) is 7.52. The summed E-state index contributed by atoms with van der Waals surface area (Å²) in [6.07, 6.45) is 1.73. The average molecular weight is 398 g/mol. The highest BCUT2D eigenvalue weighted by Crippen LogP contribution is 2.29. The van der Waals surface area contributed by atoms with E-state index in [9.17, 15) is 4.79 Å². The quantitative estimate of drug-likeness (QED) is 0.415. The van der Waals surface area contributed by atoms with Crippen LogP contribution in [0.2, 0.25) is 5.02 Å². The zero-order chi connectivity index (χ0) is 19.0. The van der Waals surface area contributed by atoms with Crippen LogP contribution in [-0.2, 0) is 5.75 Å². The number of nitrogens with zero attached hydrogens (tertiary/aromatic N) is 4. The van der Waals surface area contributed by atoms with Crippen molar-refractivity contribution in [2.75, 3.05) is 0 Å². The molecule has 1 aromatic carbocycles. The molecule has 0 saturated carbocycles. The van der Waals surface area contributed by atoms with Gasteiger partial charge in [0.05, 0.1) is 5.69 Å². The molecule has 0 radical (unpaired) electrons. The highest BCUT2D eigenvalue weighted by atomic mass is 35.5. The molecule has 136 valence electrons. The first-order valence-electron chi connectivity index (χ1n) is 8.31. The van der Waals surface area contributed by atoms with Gasteiger partial charge in [-0.05, 0) is 37.6 Å². The summed E-state index contributed by atoms with van der Waals surface area (Å²) in [6.45, 7) is 3.83. The lowest BCUT2D eigenvalue weighted by atomic mass is 10.1. The van der Waals surface area contributed by atoms with Crippen LogP contribution >= 0.6 is 23.4 Å². The number of hydrogen-bond acceptors (Lipinski definition) is 5. The molecule has 4 aromatic rings. The number of fused-ring (bicyclic) bond motifs is 1. The monoisotopic (exact) mass is 397 g/mol. The Morgan fingerprint density at radius 3 is 2.81 bits per heavy atom. The standard InChI is InChI=1S/C19H16ClN5OS/c1-11-6-7-21-19(22-11)27-10-15-9-16(26)25-18(23-15)17(12(2)24-25)13-4-3-5-14(20)8-13/h3-9,24H,10H2,1-2H3. The van der Waals surface area contributed by atoms with Gasteiger partial charge in [0.2, 0.25) is 0 Å².